The molecule has 0 bridgehead atoms. The molecule has 1 aromatic carbocycles. The van der Waals surface area contributed by atoms with Gasteiger partial charge in [0, 0.05) is 38.9 Å². The Bertz CT molecular complexity index is 565. The van der Waals surface area contributed by atoms with Crippen molar-refractivity contribution in [1.82, 2.24) is 15.5 Å². The number of hydrogen-bond donors (Lipinski definition) is 3. The van der Waals surface area contributed by atoms with Crippen molar-refractivity contribution in [2.75, 3.05) is 26.0 Å². The number of carbonyl (C=O) groups excluding carboxylic acids is 2. The Morgan fingerprint density at radius 2 is 1.76 bits per heavy atom. The summed E-state index contributed by atoms with van der Waals surface area (Å²) >= 11 is 0. The fraction of sp³-hybridized carbons (Fsp3) is 0.556. The second-order valence-corrected chi connectivity index (χ2v) is 7.18. The lowest BCUT2D eigenvalue weighted by Gasteiger charge is -2.22. The lowest BCUT2D eigenvalue weighted by atomic mass is 10.2. The molecule has 0 aliphatic carbocycles. The number of ether oxygens (including phenoxy) is 1. The van der Waals surface area contributed by atoms with Crippen LogP contribution in [0.25, 0.3) is 0 Å². The highest BCUT2D eigenvalue weighted by molar-refractivity contribution is 5.73. The van der Waals surface area contributed by atoms with Crippen molar-refractivity contribution in [3.8, 4) is 0 Å². The van der Waals surface area contributed by atoms with Crippen molar-refractivity contribution in [3.05, 3.63) is 29.8 Å². The SMILES string of the molecule is CC(CNc1ccc(CNC(=O)N(C)C)cc1)NC(=O)OC(C)(C)C. The standard InChI is InChI=1S/C18H30N4O3/c1-13(21-17(24)25-18(2,3)4)11-19-15-9-7-14(8-10-15)12-20-16(23)22(5)6/h7-10,13,19H,11-12H2,1-6H3,(H,20,23)(H,21,24). The van der Waals surface area contributed by atoms with Gasteiger partial charge in [-0.15, -0.1) is 0 Å². The van der Waals surface area contributed by atoms with Crippen molar-refractivity contribution < 1.29 is 14.3 Å². The molecule has 0 radical (unpaired) electrons. The normalized spacial score (nSPS) is 12.1. The van der Waals surface area contributed by atoms with Gasteiger partial charge >= 0.3 is 12.1 Å². The first-order chi connectivity index (χ1) is 11.6. The van der Waals surface area contributed by atoms with E-state index in [0.29, 0.717) is 13.1 Å². The highest BCUT2D eigenvalue weighted by atomic mass is 16.6. The van der Waals surface area contributed by atoms with Gasteiger partial charge in [0.15, 0.2) is 0 Å². The second-order valence-electron chi connectivity index (χ2n) is 7.18. The molecule has 140 valence electrons. The van der Waals surface area contributed by atoms with E-state index < -0.39 is 11.7 Å². The lowest BCUT2D eigenvalue weighted by Crippen LogP contribution is -2.40. The Hall–Kier alpha value is -2.44. The number of nitrogens with one attached hydrogen (secondary N) is 3. The predicted octanol–water partition coefficient (Wildman–Crippen LogP) is 2.78. The minimum absolute atomic E-state index is 0.0751. The second kappa shape index (κ2) is 9.15. The fourth-order valence-electron chi connectivity index (χ4n) is 1.91. The maximum atomic E-state index is 11.7. The maximum Gasteiger partial charge on any atom is 0.407 e. The van der Waals surface area contributed by atoms with Crippen LogP contribution in [-0.2, 0) is 11.3 Å². The molecule has 3 amide bonds. The van der Waals surface area contributed by atoms with Crippen LogP contribution in [-0.4, -0.2) is 49.3 Å². The summed E-state index contributed by atoms with van der Waals surface area (Å²) in [7, 11) is 3.41. The number of anilines is 1. The Labute approximate surface area is 150 Å². The molecule has 1 atom stereocenters. The van der Waals surface area contributed by atoms with Crippen LogP contribution in [0.15, 0.2) is 24.3 Å². The van der Waals surface area contributed by atoms with E-state index in [1.165, 1.54) is 4.90 Å². The van der Waals surface area contributed by atoms with E-state index in [2.05, 4.69) is 16.0 Å². The molecular weight excluding hydrogens is 320 g/mol. The summed E-state index contributed by atoms with van der Waals surface area (Å²) in [5.74, 6) is 0. The first kappa shape index (κ1) is 20.6. The predicted molar refractivity (Wildman–Crippen MR) is 99.7 cm³/mol. The van der Waals surface area contributed by atoms with E-state index in [0.717, 1.165) is 11.3 Å². The van der Waals surface area contributed by atoms with E-state index in [9.17, 15) is 9.59 Å². The summed E-state index contributed by atoms with van der Waals surface area (Å²) in [4.78, 5) is 24.7. The van der Waals surface area contributed by atoms with Gasteiger partial charge in [0.05, 0.1) is 0 Å². The molecule has 0 spiro atoms. The summed E-state index contributed by atoms with van der Waals surface area (Å²) in [5, 5.41) is 8.86. The Morgan fingerprint density at radius 3 is 2.28 bits per heavy atom. The Kier molecular flexibility index (Phi) is 7.54. The third kappa shape index (κ3) is 8.83. The molecule has 25 heavy (non-hydrogen) atoms. The number of benzene rings is 1. The molecule has 0 saturated carbocycles. The first-order valence-corrected chi connectivity index (χ1v) is 8.34. The monoisotopic (exact) mass is 350 g/mol. The Balaban J connectivity index is 2.38. The Morgan fingerprint density at radius 1 is 1.16 bits per heavy atom. The van der Waals surface area contributed by atoms with Gasteiger partial charge in [0.1, 0.15) is 5.60 Å². The van der Waals surface area contributed by atoms with E-state index in [-0.39, 0.29) is 12.1 Å². The van der Waals surface area contributed by atoms with E-state index in [1.807, 2.05) is 52.0 Å². The number of nitrogens with zero attached hydrogens (tertiary/aromatic N) is 1. The third-order valence-electron chi connectivity index (χ3n) is 3.18. The van der Waals surface area contributed by atoms with E-state index in [4.69, 9.17) is 4.74 Å². The van der Waals surface area contributed by atoms with Gasteiger partial charge < -0.3 is 25.6 Å². The minimum Gasteiger partial charge on any atom is -0.444 e. The lowest BCUT2D eigenvalue weighted by molar-refractivity contribution is 0.0511. The van der Waals surface area contributed by atoms with Crippen LogP contribution in [0.5, 0.6) is 0 Å². The molecule has 1 aromatic rings. The highest BCUT2D eigenvalue weighted by Gasteiger charge is 2.17. The molecule has 0 fully saturated rings. The molecule has 1 rings (SSSR count). The maximum absolute atomic E-state index is 11.7. The quantitative estimate of drug-likeness (QED) is 0.737. The van der Waals surface area contributed by atoms with Crippen LogP contribution in [0.3, 0.4) is 0 Å². The summed E-state index contributed by atoms with van der Waals surface area (Å²) in [6.07, 6.45) is -0.422. The van der Waals surface area contributed by atoms with E-state index >= 15 is 0 Å². The van der Waals surface area contributed by atoms with Crippen LogP contribution in [0.2, 0.25) is 0 Å². The molecule has 0 aliphatic rings. The summed E-state index contributed by atoms with van der Waals surface area (Å²) < 4.78 is 5.22. The van der Waals surface area contributed by atoms with Gasteiger partial charge in [-0.1, -0.05) is 12.1 Å². The van der Waals surface area contributed by atoms with Gasteiger partial charge in [-0.05, 0) is 45.4 Å². The zero-order valence-electron chi connectivity index (χ0n) is 16.0. The topological polar surface area (TPSA) is 82.7 Å². The number of amides is 3. The van der Waals surface area contributed by atoms with Crippen LogP contribution >= 0.6 is 0 Å². The van der Waals surface area contributed by atoms with Crippen LogP contribution < -0.4 is 16.0 Å². The molecule has 7 nitrogen and oxygen atoms in total. The first-order valence-electron chi connectivity index (χ1n) is 8.34. The molecule has 0 heterocycles. The smallest absolute Gasteiger partial charge is 0.407 e. The third-order valence-corrected chi connectivity index (χ3v) is 3.18. The van der Waals surface area contributed by atoms with Crippen molar-refractivity contribution >= 4 is 17.8 Å². The van der Waals surface area contributed by atoms with Gasteiger partial charge in [0.25, 0.3) is 0 Å². The number of urea groups is 1. The largest absolute Gasteiger partial charge is 0.444 e. The van der Waals surface area contributed by atoms with Crippen LogP contribution in [0, 0.1) is 0 Å². The molecule has 0 saturated heterocycles. The number of hydrogen-bond acceptors (Lipinski definition) is 4. The molecule has 0 aromatic heterocycles. The summed E-state index contributed by atoms with van der Waals surface area (Å²) in [6, 6.07) is 7.58. The number of rotatable bonds is 6. The average Bonchev–Trinajstić information content (AvgIpc) is 2.49. The van der Waals surface area contributed by atoms with E-state index in [1.54, 1.807) is 14.1 Å². The van der Waals surface area contributed by atoms with Gasteiger partial charge in [-0.2, -0.15) is 0 Å². The molecule has 1 unspecified atom stereocenters. The van der Waals surface area contributed by atoms with Crippen molar-refractivity contribution in [2.45, 2.75) is 45.9 Å². The highest BCUT2D eigenvalue weighted by Crippen LogP contribution is 2.10. The van der Waals surface area contributed by atoms with Gasteiger partial charge in [-0.3, -0.25) is 0 Å². The number of alkyl carbamates (subject to hydrolysis) is 1. The molecule has 0 aliphatic heterocycles. The summed E-state index contributed by atoms with van der Waals surface area (Å²) in [5.41, 5.74) is 1.45. The van der Waals surface area contributed by atoms with Crippen molar-refractivity contribution in [2.24, 2.45) is 0 Å². The zero-order valence-corrected chi connectivity index (χ0v) is 16.0. The fourth-order valence-corrected chi connectivity index (χ4v) is 1.91. The van der Waals surface area contributed by atoms with Gasteiger partial charge in [0.2, 0.25) is 0 Å². The average molecular weight is 350 g/mol. The molecule has 7 heteroatoms. The van der Waals surface area contributed by atoms with Crippen LogP contribution in [0.4, 0.5) is 15.3 Å². The zero-order chi connectivity index (χ0) is 19.0. The molecule has 3 N–H and O–H groups in total. The molecular formula is C18H30N4O3. The summed E-state index contributed by atoms with van der Waals surface area (Å²) in [6.45, 7) is 8.46. The van der Waals surface area contributed by atoms with Crippen molar-refractivity contribution in [1.29, 1.82) is 0 Å². The minimum atomic E-state index is -0.505. The van der Waals surface area contributed by atoms with Gasteiger partial charge in [-0.25, -0.2) is 9.59 Å². The number of carbonyl (C=O) groups is 2. The van der Waals surface area contributed by atoms with Crippen molar-refractivity contribution in [3.63, 3.8) is 0 Å². The van der Waals surface area contributed by atoms with Crippen LogP contribution in [0.1, 0.15) is 33.3 Å².